The van der Waals surface area contributed by atoms with Crippen LogP contribution in [-0.2, 0) is 6.54 Å². The van der Waals surface area contributed by atoms with E-state index in [9.17, 15) is 4.39 Å². The minimum Gasteiger partial charge on any atom is -0.464 e. The fourth-order valence-corrected chi connectivity index (χ4v) is 1.52. The summed E-state index contributed by atoms with van der Waals surface area (Å²) in [5.74, 6) is -0.261. The lowest BCUT2D eigenvalue weighted by atomic mass is 10.1. The Labute approximate surface area is 81.9 Å². The highest BCUT2D eigenvalue weighted by molar-refractivity contribution is 5.80. The summed E-state index contributed by atoms with van der Waals surface area (Å²) in [4.78, 5) is 2.05. The van der Waals surface area contributed by atoms with Gasteiger partial charge in [-0.05, 0) is 26.2 Å². The average Bonchev–Trinajstić information content (AvgIpc) is 2.47. The van der Waals surface area contributed by atoms with Crippen LogP contribution in [0.3, 0.4) is 0 Å². The van der Waals surface area contributed by atoms with Crippen molar-refractivity contribution in [2.24, 2.45) is 0 Å². The van der Waals surface area contributed by atoms with Crippen LogP contribution in [0.4, 0.5) is 4.39 Å². The van der Waals surface area contributed by atoms with Crippen molar-refractivity contribution in [1.82, 2.24) is 4.90 Å². The zero-order valence-electron chi connectivity index (χ0n) is 8.25. The van der Waals surface area contributed by atoms with E-state index in [0.717, 1.165) is 17.5 Å². The molecule has 0 aliphatic rings. The Bertz CT molecular complexity index is 447. The highest BCUT2D eigenvalue weighted by Gasteiger charge is 2.06. The van der Waals surface area contributed by atoms with Crippen LogP contribution < -0.4 is 0 Å². The van der Waals surface area contributed by atoms with E-state index in [2.05, 4.69) is 0 Å². The molecule has 2 rings (SSSR count). The predicted molar refractivity (Wildman–Crippen MR) is 53.6 cm³/mol. The summed E-state index contributed by atoms with van der Waals surface area (Å²) < 4.78 is 18.1. The Morgan fingerprint density at radius 2 is 2.14 bits per heavy atom. The molecule has 1 aromatic carbocycles. The number of hydrogen-bond acceptors (Lipinski definition) is 2. The Morgan fingerprint density at radius 1 is 1.36 bits per heavy atom. The third-order valence-electron chi connectivity index (χ3n) is 2.10. The average molecular weight is 193 g/mol. The first-order valence-corrected chi connectivity index (χ1v) is 4.47. The molecule has 0 fully saturated rings. The summed E-state index contributed by atoms with van der Waals surface area (Å²) in [6, 6.07) is 4.62. The van der Waals surface area contributed by atoms with E-state index in [4.69, 9.17) is 4.42 Å². The molecule has 0 unspecified atom stereocenters. The lowest BCUT2D eigenvalue weighted by molar-refractivity contribution is 0.401. The van der Waals surface area contributed by atoms with Gasteiger partial charge in [0.05, 0.1) is 6.26 Å². The standard InChI is InChI=1S/C11H12FNO/c1-13(2)6-8-7-14-11-5-9(12)3-4-10(8)11/h3-5,7H,6H2,1-2H3. The Hall–Kier alpha value is -1.35. The van der Waals surface area contributed by atoms with Gasteiger partial charge in [0.1, 0.15) is 11.4 Å². The van der Waals surface area contributed by atoms with E-state index in [1.807, 2.05) is 19.0 Å². The molecular formula is C11H12FNO. The lowest BCUT2D eigenvalue weighted by Gasteiger charge is -2.06. The van der Waals surface area contributed by atoms with Gasteiger partial charge in [-0.1, -0.05) is 0 Å². The van der Waals surface area contributed by atoms with E-state index in [-0.39, 0.29) is 5.82 Å². The monoisotopic (exact) mass is 193 g/mol. The van der Waals surface area contributed by atoms with Crippen LogP contribution in [0, 0.1) is 5.82 Å². The Balaban J connectivity index is 2.47. The van der Waals surface area contributed by atoms with Crippen LogP contribution in [0.1, 0.15) is 5.56 Å². The summed E-state index contributed by atoms with van der Waals surface area (Å²) in [5.41, 5.74) is 1.70. The number of fused-ring (bicyclic) bond motifs is 1. The molecule has 0 bridgehead atoms. The van der Waals surface area contributed by atoms with Crippen molar-refractivity contribution in [3.05, 3.63) is 35.8 Å². The van der Waals surface area contributed by atoms with Crippen LogP contribution in [0.15, 0.2) is 28.9 Å². The van der Waals surface area contributed by atoms with Gasteiger partial charge >= 0.3 is 0 Å². The summed E-state index contributed by atoms with van der Waals surface area (Å²) >= 11 is 0. The van der Waals surface area contributed by atoms with Crippen LogP contribution >= 0.6 is 0 Å². The van der Waals surface area contributed by atoms with Crippen molar-refractivity contribution >= 4 is 11.0 Å². The van der Waals surface area contributed by atoms with Crippen molar-refractivity contribution < 1.29 is 8.81 Å². The molecule has 2 aromatic rings. The van der Waals surface area contributed by atoms with Gasteiger partial charge in [0.15, 0.2) is 0 Å². The van der Waals surface area contributed by atoms with Gasteiger partial charge < -0.3 is 9.32 Å². The second-order valence-corrected chi connectivity index (χ2v) is 3.64. The van der Waals surface area contributed by atoms with Crippen molar-refractivity contribution in [3.63, 3.8) is 0 Å². The first kappa shape index (κ1) is 9.21. The van der Waals surface area contributed by atoms with Gasteiger partial charge in [-0.2, -0.15) is 0 Å². The molecule has 0 aliphatic heterocycles. The molecule has 1 heterocycles. The molecule has 3 heteroatoms. The van der Waals surface area contributed by atoms with Gasteiger partial charge in [-0.3, -0.25) is 0 Å². The highest BCUT2D eigenvalue weighted by Crippen LogP contribution is 2.22. The van der Waals surface area contributed by atoms with Crippen LogP contribution in [-0.4, -0.2) is 19.0 Å². The van der Waals surface area contributed by atoms with Crippen LogP contribution in [0.2, 0.25) is 0 Å². The molecule has 74 valence electrons. The van der Waals surface area contributed by atoms with E-state index in [1.165, 1.54) is 12.1 Å². The Morgan fingerprint density at radius 3 is 2.86 bits per heavy atom. The topological polar surface area (TPSA) is 16.4 Å². The number of nitrogens with zero attached hydrogens (tertiary/aromatic N) is 1. The smallest absolute Gasteiger partial charge is 0.137 e. The van der Waals surface area contributed by atoms with E-state index in [0.29, 0.717) is 5.58 Å². The van der Waals surface area contributed by atoms with E-state index >= 15 is 0 Å². The molecule has 14 heavy (non-hydrogen) atoms. The molecule has 0 spiro atoms. The van der Waals surface area contributed by atoms with Gasteiger partial charge in [0.25, 0.3) is 0 Å². The summed E-state index contributed by atoms with van der Waals surface area (Å²) in [6.07, 6.45) is 1.68. The number of hydrogen-bond donors (Lipinski definition) is 0. The van der Waals surface area contributed by atoms with Crippen LogP contribution in [0.5, 0.6) is 0 Å². The SMILES string of the molecule is CN(C)Cc1coc2cc(F)ccc12. The number of benzene rings is 1. The van der Waals surface area contributed by atoms with Gasteiger partial charge in [0, 0.05) is 23.6 Å². The van der Waals surface area contributed by atoms with Crippen molar-refractivity contribution in [2.45, 2.75) is 6.54 Å². The molecule has 0 atom stereocenters. The molecule has 1 aromatic heterocycles. The highest BCUT2D eigenvalue weighted by atomic mass is 19.1. The molecule has 2 nitrogen and oxygen atoms in total. The number of furan rings is 1. The second-order valence-electron chi connectivity index (χ2n) is 3.64. The first-order valence-electron chi connectivity index (χ1n) is 4.47. The Kier molecular flexibility index (Phi) is 2.25. The third kappa shape index (κ3) is 1.63. The van der Waals surface area contributed by atoms with E-state index < -0.39 is 0 Å². The van der Waals surface area contributed by atoms with Gasteiger partial charge in [0.2, 0.25) is 0 Å². The molecule has 0 amide bonds. The van der Waals surface area contributed by atoms with Crippen molar-refractivity contribution in [3.8, 4) is 0 Å². The number of rotatable bonds is 2. The molecule has 0 saturated heterocycles. The summed E-state index contributed by atoms with van der Waals surface area (Å²) in [7, 11) is 3.98. The predicted octanol–water partition coefficient (Wildman–Crippen LogP) is 2.63. The maximum Gasteiger partial charge on any atom is 0.137 e. The fourth-order valence-electron chi connectivity index (χ4n) is 1.52. The summed E-state index contributed by atoms with van der Waals surface area (Å²) in [6.45, 7) is 0.804. The first-order chi connectivity index (χ1) is 6.66. The fraction of sp³-hybridized carbons (Fsp3) is 0.273. The van der Waals surface area contributed by atoms with Crippen LogP contribution in [0.25, 0.3) is 11.0 Å². The molecule has 0 N–H and O–H groups in total. The zero-order valence-corrected chi connectivity index (χ0v) is 8.25. The molecular weight excluding hydrogens is 181 g/mol. The largest absolute Gasteiger partial charge is 0.464 e. The lowest BCUT2D eigenvalue weighted by Crippen LogP contribution is -2.09. The minimum atomic E-state index is -0.261. The third-order valence-corrected chi connectivity index (χ3v) is 2.10. The second kappa shape index (κ2) is 3.42. The van der Waals surface area contributed by atoms with Crippen molar-refractivity contribution in [1.29, 1.82) is 0 Å². The maximum atomic E-state index is 12.8. The maximum absolute atomic E-state index is 12.8. The normalized spacial score (nSPS) is 11.4. The zero-order chi connectivity index (χ0) is 10.1. The number of halogens is 1. The van der Waals surface area contributed by atoms with Crippen molar-refractivity contribution in [2.75, 3.05) is 14.1 Å². The molecule has 0 radical (unpaired) electrons. The summed E-state index contributed by atoms with van der Waals surface area (Å²) in [5, 5.41) is 0.986. The van der Waals surface area contributed by atoms with Gasteiger partial charge in [-0.25, -0.2) is 4.39 Å². The minimum absolute atomic E-state index is 0.261. The molecule has 0 saturated carbocycles. The quantitative estimate of drug-likeness (QED) is 0.729. The van der Waals surface area contributed by atoms with E-state index in [1.54, 1.807) is 12.3 Å². The van der Waals surface area contributed by atoms with Gasteiger partial charge in [-0.15, -0.1) is 0 Å². The molecule has 0 aliphatic carbocycles.